The fourth-order valence-corrected chi connectivity index (χ4v) is 4.22. The van der Waals surface area contributed by atoms with Gasteiger partial charge in [0.25, 0.3) is 0 Å². The van der Waals surface area contributed by atoms with Crippen LogP contribution in [0.4, 0.5) is 5.69 Å². The molecule has 0 radical (unpaired) electrons. The lowest BCUT2D eigenvalue weighted by Gasteiger charge is -2.25. The maximum absolute atomic E-state index is 13.2. The molecule has 0 spiro atoms. The number of benzene rings is 2. The van der Waals surface area contributed by atoms with Crippen molar-refractivity contribution in [3.05, 3.63) is 58.9 Å². The normalized spacial score (nSPS) is 13.9. The lowest BCUT2D eigenvalue weighted by Crippen LogP contribution is -2.41. The summed E-state index contributed by atoms with van der Waals surface area (Å²) in [6.45, 7) is 5.29. The van der Waals surface area contributed by atoms with Gasteiger partial charge in [0.1, 0.15) is 17.7 Å². The molecule has 1 fully saturated rings. The van der Waals surface area contributed by atoms with Crippen molar-refractivity contribution in [1.82, 2.24) is 20.2 Å². The summed E-state index contributed by atoms with van der Waals surface area (Å²) in [7, 11) is 0. The molecule has 0 saturated carbocycles. The largest absolute Gasteiger partial charge is 0.384 e. The minimum Gasteiger partial charge on any atom is -0.384 e. The smallest absolute Gasteiger partial charge is 0.249 e. The molecule has 10 heteroatoms. The summed E-state index contributed by atoms with van der Waals surface area (Å²) >= 11 is 0. The molecular formula is C24H30ClN7O2. The Balaban J connectivity index is 0.00000324. The number of halogens is 1. The van der Waals surface area contributed by atoms with Crippen molar-refractivity contribution in [3.63, 3.8) is 0 Å². The van der Waals surface area contributed by atoms with Crippen molar-refractivity contribution in [2.45, 2.75) is 39.3 Å². The van der Waals surface area contributed by atoms with Crippen molar-refractivity contribution in [2.24, 2.45) is 5.73 Å². The molecular weight excluding hydrogens is 454 g/mol. The summed E-state index contributed by atoms with van der Waals surface area (Å²) < 4.78 is 0. The lowest BCUT2D eigenvalue weighted by atomic mass is 9.98. The number of H-pyrrole nitrogens is 1. The molecule has 1 atom stereocenters. The fourth-order valence-electron chi connectivity index (χ4n) is 4.22. The van der Waals surface area contributed by atoms with E-state index in [9.17, 15) is 9.59 Å². The Morgan fingerprint density at radius 1 is 1.18 bits per heavy atom. The number of amidine groups is 1. The third-order valence-corrected chi connectivity index (χ3v) is 5.98. The summed E-state index contributed by atoms with van der Waals surface area (Å²) in [6.07, 6.45) is 1.98. The minimum atomic E-state index is -0.719. The van der Waals surface area contributed by atoms with Crippen LogP contribution in [-0.2, 0) is 16.1 Å². The number of amides is 2. The van der Waals surface area contributed by atoms with Crippen LogP contribution in [0.15, 0.2) is 36.4 Å². The van der Waals surface area contributed by atoms with E-state index in [-0.39, 0.29) is 30.1 Å². The monoisotopic (exact) mass is 483 g/mol. The number of carbonyl (C=O) groups is 2. The molecule has 180 valence electrons. The predicted molar refractivity (Wildman–Crippen MR) is 135 cm³/mol. The van der Waals surface area contributed by atoms with Crippen molar-refractivity contribution in [2.75, 3.05) is 18.4 Å². The first-order valence-corrected chi connectivity index (χ1v) is 11.1. The molecule has 2 heterocycles. The van der Waals surface area contributed by atoms with Crippen molar-refractivity contribution in [1.29, 1.82) is 5.41 Å². The van der Waals surface area contributed by atoms with Gasteiger partial charge in [-0.05, 0) is 61.2 Å². The van der Waals surface area contributed by atoms with E-state index in [0.29, 0.717) is 12.1 Å². The number of aromatic nitrogens is 2. The summed E-state index contributed by atoms with van der Waals surface area (Å²) in [5, 5.41) is 13.6. The highest BCUT2D eigenvalue weighted by atomic mass is 35.5. The van der Waals surface area contributed by atoms with E-state index in [1.54, 1.807) is 12.1 Å². The average molecular weight is 484 g/mol. The summed E-state index contributed by atoms with van der Waals surface area (Å²) in [5.74, 6) is 0.472. The highest BCUT2D eigenvalue weighted by Crippen LogP contribution is 2.27. The number of hydrogen-bond donors (Lipinski definition) is 5. The second-order valence-corrected chi connectivity index (χ2v) is 8.37. The van der Waals surface area contributed by atoms with Crippen molar-refractivity contribution < 1.29 is 9.59 Å². The van der Waals surface area contributed by atoms with E-state index in [1.807, 2.05) is 36.1 Å². The number of aromatic amines is 1. The number of hydrogen-bond acceptors (Lipinski definition) is 5. The quantitative estimate of drug-likeness (QED) is 0.259. The molecule has 3 aromatic rings. The van der Waals surface area contributed by atoms with Gasteiger partial charge in [-0.15, -0.1) is 12.4 Å². The number of anilines is 1. The topological polar surface area (TPSA) is 140 Å². The zero-order valence-corrected chi connectivity index (χ0v) is 20.1. The molecule has 0 bridgehead atoms. The lowest BCUT2D eigenvalue weighted by molar-refractivity contribution is -0.135. The Kier molecular flexibility index (Phi) is 7.78. The van der Waals surface area contributed by atoms with Gasteiger partial charge in [-0.1, -0.05) is 6.07 Å². The summed E-state index contributed by atoms with van der Waals surface area (Å²) in [4.78, 5) is 34.9. The van der Waals surface area contributed by atoms with Gasteiger partial charge in [-0.2, -0.15) is 0 Å². The highest BCUT2D eigenvalue weighted by molar-refractivity contribution is 5.95. The first-order chi connectivity index (χ1) is 15.8. The number of nitrogens with zero attached hydrogens (tertiary/aromatic N) is 2. The first-order valence-electron chi connectivity index (χ1n) is 11.1. The highest BCUT2D eigenvalue weighted by Gasteiger charge is 2.30. The van der Waals surface area contributed by atoms with Crippen LogP contribution in [0, 0.1) is 12.3 Å². The second kappa shape index (κ2) is 10.6. The predicted octanol–water partition coefficient (Wildman–Crippen LogP) is 2.99. The number of rotatable bonds is 7. The Labute approximate surface area is 204 Å². The van der Waals surface area contributed by atoms with Crippen LogP contribution in [0.25, 0.3) is 11.0 Å². The summed E-state index contributed by atoms with van der Waals surface area (Å²) in [5.41, 5.74) is 10.3. The number of nitrogen functional groups attached to an aromatic ring is 1. The Morgan fingerprint density at radius 2 is 1.85 bits per heavy atom. The SMILES string of the molecule is CC(=O)NC(C(=O)N1CCCC1)c1ccc2[nH]c(CNc3ccc(C(=N)N)cc3)nc2c1C.Cl. The average Bonchev–Trinajstić information content (AvgIpc) is 3.47. The second-order valence-electron chi connectivity index (χ2n) is 8.37. The van der Waals surface area contributed by atoms with E-state index in [1.165, 1.54) is 6.92 Å². The Hall–Kier alpha value is -3.59. The van der Waals surface area contributed by atoms with E-state index in [4.69, 9.17) is 16.1 Å². The standard InChI is InChI=1S/C24H29N7O2.ClH/c1-14-18(22(28-15(2)32)24(33)31-11-3-4-12-31)9-10-19-21(14)30-20(29-19)13-27-17-7-5-16(6-8-17)23(25)26;/h5-10,22,27H,3-4,11-13H2,1-2H3,(H3,25,26)(H,28,32)(H,29,30);1H. The number of imidazole rings is 1. The van der Waals surface area contributed by atoms with Crippen LogP contribution in [0.2, 0.25) is 0 Å². The van der Waals surface area contributed by atoms with Gasteiger partial charge in [0.2, 0.25) is 11.8 Å². The van der Waals surface area contributed by atoms with Crippen LogP contribution < -0.4 is 16.4 Å². The Morgan fingerprint density at radius 3 is 2.47 bits per heavy atom. The van der Waals surface area contributed by atoms with E-state index in [2.05, 4.69) is 15.6 Å². The van der Waals surface area contributed by atoms with Crippen LogP contribution in [-0.4, -0.2) is 45.6 Å². The van der Waals surface area contributed by atoms with Crippen LogP contribution >= 0.6 is 12.4 Å². The van der Waals surface area contributed by atoms with Crippen LogP contribution in [0.5, 0.6) is 0 Å². The van der Waals surface area contributed by atoms with Crippen LogP contribution in [0.1, 0.15) is 48.3 Å². The molecule has 1 aliphatic heterocycles. The molecule has 9 nitrogen and oxygen atoms in total. The third-order valence-electron chi connectivity index (χ3n) is 5.98. The van der Waals surface area contributed by atoms with Gasteiger partial charge in [0.05, 0.1) is 17.6 Å². The minimum absolute atomic E-state index is 0. The number of nitrogens with two attached hydrogens (primary N) is 1. The molecule has 2 amide bonds. The molecule has 4 rings (SSSR count). The molecule has 2 aromatic carbocycles. The fraction of sp³-hybridized carbons (Fsp3) is 0.333. The molecule has 1 unspecified atom stereocenters. The van der Waals surface area contributed by atoms with Gasteiger partial charge in [-0.25, -0.2) is 4.98 Å². The van der Waals surface area contributed by atoms with Gasteiger partial charge in [-0.3, -0.25) is 15.0 Å². The van der Waals surface area contributed by atoms with Crippen LogP contribution in [0.3, 0.4) is 0 Å². The van der Waals surface area contributed by atoms with E-state index >= 15 is 0 Å². The molecule has 1 saturated heterocycles. The maximum atomic E-state index is 13.2. The first kappa shape index (κ1) is 25.0. The number of fused-ring (bicyclic) bond motifs is 1. The van der Waals surface area contributed by atoms with Crippen molar-refractivity contribution in [3.8, 4) is 0 Å². The molecule has 34 heavy (non-hydrogen) atoms. The summed E-state index contributed by atoms with van der Waals surface area (Å²) in [6, 6.07) is 10.4. The van der Waals surface area contributed by atoms with E-state index < -0.39 is 6.04 Å². The molecule has 1 aliphatic rings. The van der Waals surface area contributed by atoms with Crippen molar-refractivity contribution >= 4 is 46.8 Å². The zero-order chi connectivity index (χ0) is 23.5. The third kappa shape index (κ3) is 5.31. The van der Waals surface area contributed by atoms with Gasteiger partial charge in [0.15, 0.2) is 0 Å². The number of carbonyl (C=O) groups excluding carboxylic acids is 2. The molecule has 0 aliphatic carbocycles. The zero-order valence-electron chi connectivity index (χ0n) is 19.3. The maximum Gasteiger partial charge on any atom is 0.249 e. The number of nitrogens with one attached hydrogen (secondary N) is 4. The van der Waals surface area contributed by atoms with E-state index in [0.717, 1.165) is 59.6 Å². The van der Waals surface area contributed by atoms with Gasteiger partial charge < -0.3 is 26.3 Å². The van der Waals surface area contributed by atoms with Gasteiger partial charge >= 0.3 is 0 Å². The number of likely N-dealkylation sites (tertiary alicyclic amines) is 1. The molecule has 1 aromatic heterocycles. The Bertz CT molecular complexity index is 1200. The number of aryl methyl sites for hydroxylation is 1. The molecule has 6 N–H and O–H groups in total. The van der Waals surface area contributed by atoms with Gasteiger partial charge in [0, 0.05) is 31.3 Å².